The van der Waals surface area contributed by atoms with Crippen LogP contribution < -0.4 is 4.72 Å². The predicted molar refractivity (Wildman–Crippen MR) is 109 cm³/mol. The Kier molecular flexibility index (Phi) is 6.71. The molecule has 29 heavy (non-hydrogen) atoms. The van der Waals surface area contributed by atoms with Crippen molar-refractivity contribution in [1.29, 1.82) is 0 Å². The summed E-state index contributed by atoms with van der Waals surface area (Å²) in [5, 5.41) is 3.67. The number of amides is 1. The maximum absolute atomic E-state index is 12.5. The predicted octanol–water partition coefficient (Wildman–Crippen LogP) is 1.61. The van der Waals surface area contributed by atoms with Crippen molar-refractivity contribution in [2.24, 2.45) is 0 Å². The van der Waals surface area contributed by atoms with Crippen LogP contribution in [-0.4, -0.2) is 62.0 Å². The fourth-order valence-corrected chi connectivity index (χ4v) is 4.96. The fraction of sp³-hybridized carbons (Fsp3) is 0.500. The molecule has 1 aromatic carbocycles. The first-order chi connectivity index (χ1) is 13.8. The van der Waals surface area contributed by atoms with Gasteiger partial charge in [-0.2, -0.15) is 0 Å². The molecule has 9 heteroatoms. The van der Waals surface area contributed by atoms with Crippen LogP contribution in [0.4, 0.5) is 0 Å². The van der Waals surface area contributed by atoms with Crippen molar-refractivity contribution in [2.75, 3.05) is 32.7 Å². The van der Waals surface area contributed by atoms with Crippen molar-refractivity contribution in [3.8, 4) is 0 Å². The van der Waals surface area contributed by atoms with Crippen molar-refractivity contribution in [3.05, 3.63) is 46.8 Å². The first-order valence-corrected chi connectivity index (χ1v) is 11.2. The molecule has 0 bridgehead atoms. The summed E-state index contributed by atoms with van der Waals surface area (Å²) < 4.78 is 32.2. The lowest BCUT2D eigenvalue weighted by Crippen LogP contribution is -2.48. The molecule has 0 saturated carbocycles. The lowest BCUT2D eigenvalue weighted by molar-refractivity contribution is -0.132. The van der Waals surface area contributed by atoms with Crippen LogP contribution in [0.25, 0.3) is 0 Å². The van der Waals surface area contributed by atoms with Crippen LogP contribution in [0.1, 0.15) is 29.0 Å². The number of carbonyl (C=O) groups excluding carboxylic acids is 1. The minimum atomic E-state index is -3.74. The second-order valence-electron chi connectivity index (χ2n) is 7.45. The Balaban J connectivity index is 1.44. The maximum Gasteiger partial charge on any atom is 0.245 e. The molecule has 1 fully saturated rings. The number of nitrogens with one attached hydrogen (secondary N) is 1. The van der Waals surface area contributed by atoms with E-state index >= 15 is 0 Å². The third-order valence-electron chi connectivity index (χ3n) is 5.08. The highest BCUT2D eigenvalue weighted by Crippen LogP contribution is 2.18. The molecule has 1 amide bonds. The quantitative estimate of drug-likeness (QED) is 0.731. The molecule has 158 valence electrons. The molecule has 8 nitrogen and oxygen atoms in total. The molecule has 1 aliphatic rings. The largest absolute Gasteiger partial charge is 0.360 e. The molecule has 2 heterocycles. The zero-order valence-corrected chi connectivity index (χ0v) is 18.0. The van der Waals surface area contributed by atoms with Gasteiger partial charge in [0.2, 0.25) is 15.9 Å². The Hall–Kier alpha value is -2.23. The zero-order valence-electron chi connectivity index (χ0n) is 17.1. The van der Waals surface area contributed by atoms with Crippen LogP contribution in [-0.2, 0) is 21.4 Å². The number of nitrogens with zero attached hydrogens (tertiary/aromatic N) is 3. The third-order valence-corrected chi connectivity index (χ3v) is 6.79. The Morgan fingerprint density at radius 3 is 2.52 bits per heavy atom. The summed E-state index contributed by atoms with van der Waals surface area (Å²) in [6, 6.07) is 8.45. The van der Waals surface area contributed by atoms with Crippen LogP contribution in [0.5, 0.6) is 0 Å². The molecule has 1 saturated heterocycles. The van der Waals surface area contributed by atoms with Gasteiger partial charge in [0.05, 0.1) is 0 Å². The second-order valence-corrected chi connectivity index (χ2v) is 9.15. The highest BCUT2D eigenvalue weighted by Gasteiger charge is 2.25. The highest BCUT2D eigenvalue weighted by atomic mass is 32.2. The summed E-state index contributed by atoms with van der Waals surface area (Å²) in [5.74, 6) is 0.202. The van der Waals surface area contributed by atoms with Crippen LogP contribution in [0.15, 0.2) is 33.7 Å². The van der Waals surface area contributed by atoms with E-state index in [1.54, 1.807) is 18.7 Å². The van der Waals surface area contributed by atoms with Crippen molar-refractivity contribution in [3.63, 3.8) is 0 Å². The number of aryl methyl sites for hydroxylation is 3. The van der Waals surface area contributed by atoms with E-state index in [4.69, 9.17) is 4.52 Å². The first-order valence-electron chi connectivity index (χ1n) is 9.74. The second kappa shape index (κ2) is 9.06. The molecule has 0 atom stereocenters. The van der Waals surface area contributed by atoms with Gasteiger partial charge in [-0.15, -0.1) is 0 Å². The van der Waals surface area contributed by atoms with E-state index in [9.17, 15) is 13.2 Å². The standard InChI is InChI=1S/C20H28N4O4S/c1-15-5-4-6-18(13-15)14-23-9-11-24(12-10-23)19(25)7-8-21-29(26,27)20-16(2)22-28-17(20)3/h4-6,13,21H,7-12,14H2,1-3H3. The minimum absolute atomic E-state index is 0.0401. The molecule has 1 aliphatic heterocycles. The molecule has 0 radical (unpaired) electrons. The molecule has 1 N–H and O–H groups in total. The Labute approximate surface area is 171 Å². The van der Waals surface area contributed by atoms with Gasteiger partial charge in [0.15, 0.2) is 5.76 Å². The van der Waals surface area contributed by atoms with E-state index in [2.05, 4.69) is 46.0 Å². The van der Waals surface area contributed by atoms with Crippen LogP contribution in [0.2, 0.25) is 0 Å². The SMILES string of the molecule is Cc1cccc(CN2CCN(C(=O)CCNS(=O)(=O)c3c(C)noc3C)CC2)c1. The van der Waals surface area contributed by atoms with E-state index in [0.717, 1.165) is 19.6 Å². The molecule has 1 aromatic heterocycles. The summed E-state index contributed by atoms with van der Waals surface area (Å²) >= 11 is 0. The number of piperazine rings is 1. The van der Waals surface area contributed by atoms with Crippen LogP contribution in [0, 0.1) is 20.8 Å². The van der Waals surface area contributed by atoms with Crippen LogP contribution >= 0.6 is 0 Å². The topological polar surface area (TPSA) is 95.8 Å². The Bertz CT molecular complexity index is 943. The zero-order chi connectivity index (χ0) is 21.0. The monoisotopic (exact) mass is 420 g/mol. The summed E-state index contributed by atoms with van der Waals surface area (Å²) in [5.41, 5.74) is 2.83. The van der Waals surface area contributed by atoms with E-state index in [-0.39, 0.29) is 29.5 Å². The first kappa shape index (κ1) is 21.5. The van der Waals surface area contributed by atoms with Gasteiger partial charge in [0.1, 0.15) is 10.6 Å². The summed E-state index contributed by atoms with van der Waals surface area (Å²) in [6.45, 7) is 9.07. The number of hydrogen-bond donors (Lipinski definition) is 1. The summed E-state index contributed by atoms with van der Waals surface area (Å²) in [7, 11) is -3.74. The lowest BCUT2D eigenvalue weighted by Gasteiger charge is -2.35. The normalized spacial score (nSPS) is 15.6. The molecular formula is C20H28N4O4S. The minimum Gasteiger partial charge on any atom is -0.360 e. The Morgan fingerprint density at radius 1 is 1.17 bits per heavy atom. The number of rotatable bonds is 7. The number of hydrogen-bond acceptors (Lipinski definition) is 6. The van der Waals surface area contributed by atoms with Crippen molar-refractivity contribution >= 4 is 15.9 Å². The van der Waals surface area contributed by atoms with Gasteiger partial charge in [0.25, 0.3) is 0 Å². The van der Waals surface area contributed by atoms with Crippen molar-refractivity contribution in [1.82, 2.24) is 19.7 Å². The van der Waals surface area contributed by atoms with E-state index in [1.165, 1.54) is 11.1 Å². The third kappa shape index (κ3) is 5.43. The molecule has 0 unspecified atom stereocenters. The maximum atomic E-state index is 12.5. The molecule has 3 rings (SSSR count). The van der Waals surface area contributed by atoms with Gasteiger partial charge in [-0.1, -0.05) is 35.0 Å². The van der Waals surface area contributed by atoms with Gasteiger partial charge >= 0.3 is 0 Å². The average molecular weight is 421 g/mol. The van der Waals surface area contributed by atoms with Crippen molar-refractivity contribution < 1.29 is 17.7 Å². The van der Waals surface area contributed by atoms with Gasteiger partial charge < -0.3 is 9.42 Å². The molecule has 0 aliphatic carbocycles. The number of sulfonamides is 1. The van der Waals surface area contributed by atoms with E-state index in [0.29, 0.717) is 18.8 Å². The highest BCUT2D eigenvalue weighted by molar-refractivity contribution is 7.89. The number of carbonyl (C=O) groups is 1. The smallest absolute Gasteiger partial charge is 0.245 e. The van der Waals surface area contributed by atoms with Gasteiger partial charge in [0, 0.05) is 45.7 Å². The number of aromatic nitrogens is 1. The summed E-state index contributed by atoms with van der Waals surface area (Å²) in [6.07, 6.45) is 0.125. The molecule has 2 aromatic rings. The van der Waals surface area contributed by atoms with Gasteiger partial charge in [-0.05, 0) is 26.3 Å². The molecule has 0 spiro atoms. The molecular weight excluding hydrogens is 392 g/mol. The van der Waals surface area contributed by atoms with Crippen molar-refractivity contribution in [2.45, 2.75) is 38.6 Å². The number of benzene rings is 1. The fourth-order valence-electron chi connectivity index (χ4n) is 3.60. The van der Waals surface area contributed by atoms with Gasteiger partial charge in [-0.3, -0.25) is 9.69 Å². The van der Waals surface area contributed by atoms with Crippen LogP contribution in [0.3, 0.4) is 0 Å². The van der Waals surface area contributed by atoms with E-state index in [1.807, 2.05) is 0 Å². The average Bonchev–Trinajstić information content (AvgIpc) is 3.01. The Morgan fingerprint density at radius 2 is 1.90 bits per heavy atom. The van der Waals surface area contributed by atoms with Gasteiger partial charge in [-0.25, -0.2) is 13.1 Å². The van der Waals surface area contributed by atoms with E-state index < -0.39 is 10.0 Å². The summed E-state index contributed by atoms with van der Waals surface area (Å²) in [4.78, 5) is 16.6. The lowest BCUT2D eigenvalue weighted by atomic mass is 10.1.